The fourth-order valence-electron chi connectivity index (χ4n) is 6.69. The maximum absolute atomic E-state index is 11.6. The first-order valence-electron chi connectivity index (χ1n) is 14.6. The molecule has 7 heteroatoms. The van der Waals surface area contributed by atoms with Gasteiger partial charge in [-0.05, 0) is 80.7 Å². The topological polar surface area (TPSA) is 86.5 Å². The summed E-state index contributed by atoms with van der Waals surface area (Å²) in [6, 6.07) is 19.6. The Hall–Kier alpha value is -3.71. The zero-order valence-corrected chi connectivity index (χ0v) is 22.7. The van der Waals surface area contributed by atoms with Crippen molar-refractivity contribution in [2.45, 2.75) is 64.0 Å². The van der Waals surface area contributed by atoms with Crippen molar-refractivity contribution < 1.29 is 19.4 Å². The Morgan fingerprint density at radius 3 is 2.48 bits per heavy atom. The van der Waals surface area contributed by atoms with Crippen LogP contribution >= 0.6 is 0 Å². The first kappa shape index (κ1) is 25.3. The van der Waals surface area contributed by atoms with Crippen LogP contribution in [0.3, 0.4) is 0 Å². The van der Waals surface area contributed by atoms with Crippen molar-refractivity contribution >= 4 is 17.0 Å². The van der Waals surface area contributed by atoms with Crippen LogP contribution in [0.25, 0.3) is 22.3 Å². The number of carboxylic acids is 1. The molecule has 0 amide bonds. The summed E-state index contributed by atoms with van der Waals surface area (Å²) in [7, 11) is 0. The Kier molecular flexibility index (Phi) is 6.54. The molecule has 7 nitrogen and oxygen atoms in total. The highest BCUT2D eigenvalue weighted by molar-refractivity contribution is 5.92. The van der Waals surface area contributed by atoms with Gasteiger partial charge in [-0.1, -0.05) is 30.3 Å². The van der Waals surface area contributed by atoms with E-state index in [0.29, 0.717) is 24.3 Å². The standard InChI is InChI=1S/C33H35N3O4/c37-32(38)25-8-9-28-29(19-25)36(20-26-13-17-39-26)30(34-28)18-23-4-6-24(7-5-23)27-2-1-3-31(35-27)40-21-33-14-10-22(11-15-33)12-16-33/h1-9,19,22,26H,10-18,20-21H2,(H,37,38)/t22?,26-,33?/m0/s1. The van der Waals surface area contributed by atoms with Crippen molar-refractivity contribution in [3.8, 4) is 17.1 Å². The van der Waals surface area contributed by atoms with E-state index in [4.69, 9.17) is 19.4 Å². The normalized spacial score (nSPS) is 23.7. The highest BCUT2D eigenvalue weighted by Gasteiger charge is 2.41. The number of benzene rings is 2. The molecule has 4 fully saturated rings. The first-order valence-corrected chi connectivity index (χ1v) is 14.6. The summed E-state index contributed by atoms with van der Waals surface area (Å²) >= 11 is 0. The third-order valence-corrected chi connectivity index (χ3v) is 9.36. The number of rotatable bonds is 9. The molecule has 40 heavy (non-hydrogen) atoms. The lowest BCUT2D eigenvalue weighted by molar-refractivity contribution is -0.0589. The number of aromatic nitrogens is 3. The van der Waals surface area contributed by atoms with Gasteiger partial charge >= 0.3 is 5.97 Å². The molecule has 4 aromatic rings. The highest BCUT2D eigenvalue weighted by Crippen LogP contribution is 2.50. The van der Waals surface area contributed by atoms with Crippen LogP contribution in [-0.4, -0.2) is 44.9 Å². The fourth-order valence-corrected chi connectivity index (χ4v) is 6.69. The number of nitrogens with zero attached hydrogens (tertiary/aromatic N) is 3. The second kappa shape index (κ2) is 10.4. The Bertz CT molecular complexity index is 1520. The number of hydrogen-bond acceptors (Lipinski definition) is 5. The molecule has 2 aromatic heterocycles. The lowest BCUT2D eigenvalue weighted by Crippen LogP contribution is -2.38. The van der Waals surface area contributed by atoms with Crippen molar-refractivity contribution in [1.29, 1.82) is 0 Å². The molecule has 3 heterocycles. The molecule has 206 valence electrons. The van der Waals surface area contributed by atoms with Gasteiger partial charge in [0.25, 0.3) is 0 Å². The summed E-state index contributed by atoms with van der Waals surface area (Å²) in [5, 5.41) is 9.50. The minimum Gasteiger partial charge on any atom is -0.478 e. The van der Waals surface area contributed by atoms with Crippen LogP contribution < -0.4 is 4.74 Å². The van der Waals surface area contributed by atoms with E-state index < -0.39 is 5.97 Å². The lowest BCUT2D eigenvalue weighted by atomic mass is 9.61. The van der Waals surface area contributed by atoms with Crippen LogP contribution in [0.5, 0.6) is 5.88 Å². The van der Waals surface area contributed by atoms with Crippen LogP contribution in [0, 0.1) is 11.3 Å². The largest absolute Gasteiger partial charge is 0.478 e. The van der Waals surface area contributed by atoms with Gasteiger partial charge in [-0.25, -0.2) is 14.8 Å². The monoisotopic (exact) mass is 537 g/mol. The van der Waals surface area contributed by atoms with Crippen LogP contribution in [0.2, 0.25) is 0 Å². The predicted molar refractivity (Wildman–Crippen MR) is 153 cm³/mol. The lowest BCUT2D eigenvalue weighted by Gasteiger charge is -2.46. The van der Waals surface area contributed by atoms with Crippen LogP contribution in [-0.2, 0) is 17.7 Å². The zero-order chi connectivity index (χ0) is 27.1. The second-order valence-electron chi connectivity index (χ2n) is 11.9. The maximum atomic E-state index is 11.6. The van der Waals surface area contributed by atoms with E-state index >= 15 is 0 Å². The summed E-state index contributed by atoms with van der Waals surface area (Å²) < 4.78 is 14.1. The molecule has 1 N–H and O–H groups in total. The van der Waals surface area contributed by atoms with Gasteiger partial charge in [0.05, 0.1) is 41.5 Å². The third-order valence-electron chi connectivity index (χ3n) is 9.36. The van der Waals surface area contributed by atoms with E-state index in [0.717, 1.165) is 59.2 Å². The van der Waals surface area contributed by atoms with E-state index in [1.54, 1.807) is 18.2 Å². The highest BCUT2D eigenvalue weighted by atomic mass is 16.5. The number of pyridine rings is 1. The predicted octanol–water partition coefficient (Wildman–Crippen LogP) is 6.53. The summed E-state index contributed by atoms with van der Waals surface area (Å²) in [5.74, 6) is 1.63. The maximum Gasteiger partial charge on any atom is 0.335 e. The van der Waals surface area contributed by atoms with Gasteiger partial charge in [0.2, 0.25) is 5.88 Å². The number of ether oxygens (including phenoxy) is 2. The SMILES string of the molecule is O=C(O)c1ccc2nc(Cc3ccc(-c4cccc(OCC56CCC(CC5)CC6)n4)cc3)n(C[C@@H]3CCO3)c2c1. The molecule has 4 aliphatic rings. The van der Waals surface area contributed by atoms with Gasteiger partial charge in [0.15, 0.2) is 0 Å². The third kappa shape index (κ3) is 4.99. The molecule has 3 aliphatic carbocycles. The summed E-state index contributed by atoms with van der Waals surface area (Å²) in [6.45, 7) is 2.22. The molecule has 0 spiro atoms. The van der Waals surface area contributed by atoms with Crippen molar-refractivity contribution in [3.63, 3.8) is 0 Å². The zero-order valence-electron chi connectivity index (χ0n) is 22.7. The van der Waals surface area contributed by atoms with E-state index in [-0.39, 0.29) is 11.7 Å². The number of aromatic carboxylic acids is 1. The molecular formula is C33H35N3O4. The minimum atomic E-state index is -0.935. The van der Waals surface area contributed by atoms with Crippen LogP contribution in [0.15, 0.2) is 60.7 Å². The van der Waals surface area contributed by atoms with Gasteiger partial charge in [0, 0.05) is 30.1 Å². The van der Waals surface area contributed by atoms with Gasteiger partial charge in [-0.3, -0.25) is 0 Å². The van der Waals surface area contributed by atoms with E-state index in [9.17, 15) is 9.90 Å². The van der Waals surface area contributed by atoms with Gasteiger partial charge in [-0.2, -0.15) is 0 Å². The number of fused-ring (bicyclic) bond motifs is 4. The minimum absolute atomic E-state index is 0.139. The Morgan fingerprint density at radius 1 is 1.00 bits per heavy atom. The molecule has 0 unspecified atom stereocenters. The van der Waals surface area contributed by atoms with Crippen LogP contribution in [0.1, 0.15) is 66.7 Å². The van der Waals surface area contributed by atoms with E-state index in [2.05, 4.69) is 28.8 Å². The second-order valence-corrected chi connectivity index (χ2v) is 11.9. The number of carboxylic acid groups (broad SMARTS) is 1. The number of hydrogen-bond donors (Lipinski definition) is 1. The van der Waals surface area contributed by atoms with E-state index in [1.165, 1.54) is 38.5 Å². The molecule has 3 saturated carbocycles. The molecular weight excluding hydrogens is 502 g/mol. The van der Waals surface area contributed by atoms with Crippen molar-refractivity contribution in [1.82, 2.24) is 14.5 Å². The molecule has 1 aliphatic heterocycles. The molecule has 1 saturated heterocycles. The Balaban J connectivity index is 1.08. The molecule has 0 radical (unpaired) electrons. The first-order chi connectivity index (χ1) is 19.5. The van der Waals surface area contributed by atoms with Gasteiger partial charge < -0.3 is 19.1 Å². The van der Waals surface area contributed by atoms with Crippen molar-refractivity contribution in [2.75, 3.05) is 13.2 Å². The van der Waals surface area contributed by atoms with Gasteiger partial charge in [-0.15, -0.1) is 0 Å². The number of carbonyl (C=O) groups is 1. The van der Waals surface area contributed by atoms with Crippen LogP contribution in [0.4, 0.5) is 0 Å². The summed E-state index contributed by atoms with van der Waals surface area (Å²) in [5.41, 5.74) is 5.35. The average molecular weight is 538 g/mol. The molecule has 8 rings (SSSR count). The van der Waals surface area contributed by atoms with E-state index in [1.807, 2.05) is 18.2 Å². The Labute approximate surface area is 234 Å². The summed E-state index contributed by atoms with van der Waals surface area (Å²) in [6.07, 6.45) is 9.74. The van der Waals surface area contributed by atoms with Crippen molar-refractivity contribution in [3.05, 3.63) is 77.6 Å². The van der Waals surface area contributed by atoms with Gasteiger partial charge in [0.1, 0.15) is 5.82 Å². The van der Waals surface area contributed by atoms with Crippen molar-refractivity contribution in [2.24, 2.45) is 11.3 Å². The smallest absolute Gasteiger partial charge is 0.335 e. The molecule has 1 atom stereocenters. The molecule has 2 bridgehead atoms. The number of imidazole rings is 1. The Morgan fingerprint density at radius 2 is 1.77 bits per heavy atom. The fraction of sp³-hybridized carbons (Fsp3) is 0.424. The molecule has 2 aromatic carbocycles. The quantitative estimate of drug-likeness (QED) is 0.261. The summed E-state index contributed by atoms with van der Waals surface area (Å²) in [4.78, 5) is 21.3. The average Bonchev–Trinajstić information content (AvgIpc) is 3.31.